The summed E-state index contributed by atoms with van der Waals surface area (Å²) in [5, 5.41) is 9.68. The molecule has 0 saturated heterocycles. The molecule has 0 amide bonds. The Morgan fingerprint density at radius 1 is 1.55 bits per heavy atom. The van der Waals surface area contributed by atoms with Crippen molar-refractivity contribution >= 4 is 0 Å². The summed E-state index contributed by atoms with van der Waals surface area (Å²) in [5.41, 5.74) is -0.478. The second kappa shape index (κ2) is 3.55. The maximum Gasteiger partial charge on any atom is 0.0885 e. The molecule has 0 spiro atoms. The predicted octanol–water partition coefficient (Wildman–Crippen LogP) is 1.57. The molecule has 11 heavy (non-hydrogen) atoms. The first-order chi connectivity index (χ1) is 5.16. The number of aliphatic hydroxyl groups is 1. The van der Waals surface area contributed by atoms with Gasteiger partial charge in [0.1, 0.15) is 0 Å². The van der Waals surface area contributed by atoms with E-state index in [1.165, 1.54) is 0 Å². The van der Waals surface area contributed by atoms with Crippen LogP contribution in [-0.4, -0.2) is 23.9 Å². The first-order valence-electron chi connectivity index (χ1n) is 4.46. The standard InChI is InChI=1S/C9H18O2/c1-3-4-11-7-9(10)5-8(2)6-9/h8,10H,3-7H2,1-2H3. The fraction of sp³-hybridized carbons (Fsp3) is 1.00. The van der Waals surface area contributed by atoms with Gasteiger partial charge in [-0.05, 0) is 25.2 Å². The highest BCUT2D eigenvalue weighted by Gasteiger charge is 2.40. The molecule has 0 atom stereocenters. The van der Waals surface area contributed by atoms with Gasteiger partial charge in [-0.15, -0.1) is 0 Å². The SMILES string of the molecule is CCCOCC1(O)CC(C)C1. The summed E-state index contributed by atoms with van der Waals surface area (Å²) < 4.78 is 5.29. The number of hydrogen-bond donors (Lipinski definition) is 1. The van der Waals surface area contributed by atoms with E-state index in [2.05, 4.69) is 13.8 Å². The van der Waals surface area contributed by atoms with Crippen LogP contribution in [0.25, 0.3) is 0 Å². The molecule has 1 N–H and O–H groups in total. The van der Waals surface area contributed by atoms with Crippen molar-refractivity contribution in [3.8, 4) is 0 Å². The van der Waals surface area contributed by atoms with Gasteiger partial charge in [-0.2, -0.15) is 0 Å². The third kappa shape index (κ3) is 2.46. The average Bonchev–Trinajstić information content (AvgIpc) is 1.85. The topological polar surface area (TPSA) is 29.5 Å². The normalized spacial score (nSPS) is 36.8. The minimum atomic E-state index is -0.478. The summed E-state index contributed by atoms with van der Waals surface area (Å²) in [5.74, 6) is 0.685. The van der Waals surface area contributed by atoms with Crippen molar-refractivity contribution in [1.82, 2.24) is 0 Å². The van der Waals surface area contributed by atoms with Gasteiger partial charge < -0.3 is 9.84 Å². The second-order valence-corrected chi connectivity index (χ2v) is 3.79. The van der Waals surface area contributed by atoms with E-state index in [0.717, 1.165) is 25.9 Å². The lowest BCUT2D eigenvalue weighted by molar-refractivity contribution is -0.120. The molecule has 0 radical (unpaired) electrons. The van der Waals surface area contributed by atoms with Gasteiger partial charge >= 0.3 is 0 Å². The molecule has 0 aromatic carbocycles. The van der Waals surface area contributed by atoms with Crippen LogP contribution in [0.1, 0.15) is 33.1 Å². The largest absolute Gasteiger partial charge is 0.387 e. The third-order valence-electron chi connectivity index (χ3n) is 2.18. The monoisotopic (exact) mass is 158 g/mol. The van der Waals surface area contributed by atoms with Gasteiger partial charge in [0.25, 0.3) is 0 Å². The average molecular weight is 158 g/mol. The lowest BCUT2D eigenvalue weighted by Gasteiger charge is -2.41. The molecule has 1 fully saturated rings. The zero-order valence-electron chi connectivity index (χ0n) is 7.47. The first-order valence-corrected chi connectivity index (χ1v) is 4.46. The minimum Gasteiger partial charge on any atom is -0.387 e. The van der Waals surface area contributed by atoms with E-state index in [0.29, 0.717) is 12.5 Å². The zero-order chi connectivity index (χ0) is 8.32. The molecule has 1 aliphatic carbocycles. The lowest BCUT2D eigenvalue weighted by Crippen LogP contribution is -2.46. The van der Waals surface area contributed by atoms with E-state index in [9.17, 15) is 5.11 Å². The summed E-state index contributed by atoms with van der Waals surface area (Å²) >= 11 is 0. The zero-order valence-corrected chi connectivity index (χ0v) is 7.47. The molecule has 0 aromatic rings. The fourth-order valence-corrected chi connectivity index (χ4v) is 1.76. The minimum absolute atomic E-state index is 0.478. The van der Waals surface area contributed by atoms with E-state index in [-0.39, 0.29) is 0 Å². The number of rotatable bonds is 4. The molecule has 0 heterocycles. The van der Waals surface area contributed by atoms with E-state index < -0.39 is 5.60 Å². The highest BCUT2D eigenvalue weighted by atomic mass is 16.5. The second-order valence-electron chi connectivity index (χ2n) is 3.79. The highest BCUT2D eigenvalue weighted by Crippen LogP contribution is 2.37. The first kappa shape index (κ1) is 9.01. The molecule has 2 heteroatoms. The van der Waals surface area contributed by atoms with Crippen molar-refractivity contribution in [3.05, 3.63) is 0 Å². The molecule has 1 saturated carbocycles. The van der Waals surface area contributed by atoms with Crippen LogP contribution in [0, 0.1) is 5.92 Å². The molecule has 0 aromatic heterocycles. The Balaban J connectivity index is 2.07. The van der Waals surface area contributed by atoms with Crippen LogP contribution in [0.3, 0.4) is 0 Å². The molecule has 1 rings (SSSR count). The Labute approximate surface area is 68.6 Å². The maximum atomic E-state index is 9.68. The van der Waals surface area contributed by atoms with E-state index in [1.807, 2.05) is 0 Å². The molecule has 1 aliphatic rings. The van der Waals surface area contributed by atoms with Crippen LogP contribution in [0.2, 0.25) is 0 Å². The van der Waals surface area contributed by atoms with Gasteiger partial charge in [0.05, 0.1) is 12.2 Å². The van der Waals surface area contributed by atoms with Crippen LogP contribution in [-0.2, 0) is 4.74 Å². The number of ether oxygens (including phenoxy) is 1. The van der Waals surface area contributed by atoms with Crippen molar-refractivity contribution in [2.75, 3.05) is 13.2 Å². The van der Waals surface area contributed by atoms with Crippen LogP contribution in [0.15, 0.2) is 0 Å². The van der Waals surface area contributed by atoms with Gasteiger partial charge in [0, 0.05) is 6.61 Å². The maximum absolute atomic E-state index is 9.68. The Morgan fingerprint density at radius 2 is 2.18 bits per heavy atom. The predicted molar refractivity (Wildman–Crippen MR) is 44.5 cm³/mol. The van der Waals surface area contributed by atoms with E-state index >= 15 is 0 Å². The molecular weight excluding hydrogens is 140 g/mol. The summed E-state index contributed by atoms with van der Waals surface area (Å²) in [6.45, 7) is 5.55. The summed E-state index contributed by atoms with van der Waals surface area (Å²) in [4.78, 5) is 0. The van der Waals surface area contributed by atoms with Crippen LogP contribution >= 0.6 is 0 Å². The fourth-order valence-electron chi connectivity index (χ4n) is 1.76. The molecule has 2 nitrogen and oxygen atoms in total. The van der Waals surface area contributed by atoms with Crippen LogP contribution < -0.4 is 0 Å². The Morgan fingerprint density at radius 3 is 2.64 bits per heavy atom. The third-order valence-corrected chi connectivity index (χ3v) is 2.18. The molecular formula is C9H18O2. The van der Waals surface area contributed by atoms with Crippen molar-refractivity contribution < 1.29 is 9.84 Å². The quantitative estimate of drug-likeness (QED) is 0.629. The summed E-state index contributed by atoms with van der Waals surface area (Å²) in [6.07, 6.45) is 2.86. The van der Waals surface area contributed by atoms with Gasteiger partial charge in [-0.3, -0.25) is 0 Å². The van der Waals surface area contributed by atoms with Gasteiger partial charge in [0.2, 0.25) is 0 Å². The van der Waals surface area contributed by atoms with E-state index in [1.54, 1.807) is 0 Å². The van der Waals surface area contributed by atoms with Gasteiger partial charge in [0.15, 0.2) is 0 Å². The summed E-state index contributed by atoms with van der Waals surface area (Å²) in [7, 11) is 0. The Hall–Kier alpha value is -0.0800. The van der Waals surface area contributed by atoms with Gasteiger partial charge in [-0.1, -0.05) is 13.8 Å². The van der Waals surface area contributed by atoms with E-state index in [4.69, 9.17) is 4.74 Å². The lowest BCUT2D eigenvalue weighted by atomic mass is 9.72. The highest BCUT2D eigenvalue weighted by molar-refractivity contribution is 4.91. The van der Waals surface area contributed by atoms with Crippen LogP contribution in [0.4, 0.5) is 0 Å². The van der Waals surface area contributed by atoms with Crippen molar-refractivity contribution in [2.24, 2.45) is 5.92 Å². The summed E-state index contributed by atoms with van der Waals surface area (Å²) in [6, 6.07) is 0. The molecule has 0 unspecified atom stereocenters. The molecule has 0 bridgehead atoms. The smallest absolute Gasteiger partial charge is 0.0885 e. The van der Waals surface area contributed by atoms with Crippen molar-refractivity contribution in [3.63, 3.8) is 0 Å². The Kier molecular flexibility index (Phi) is 2.90. The molecule has 66 valence electrons. The van der Waals surface area contributed by atoms with Gasteiger partial charge in [-0.25, -0.2) is 0 Å². The molecule has 0 aliphatic heterocycles. The Bertz CT molecular complexity index is 117. The van der Waals surface area contributed by atoms with Crippen molar-refractivity contribution in [1.29, 1.82) is 0 Å². The van der Waals surface area contributed by atoms with Crippen molar-refractivity contribution in [2.45, 2.75) is 38.7 Å². The number of hydrogen-bond acceptors (Lipinski definition) is 2. The van der Waals surface area contributed by atoms with Crippen LogP contribution in [0.5, 0.6) is 0 Å².